The van der Waals surface area contributed by atoms with Gasteiger partial charge in [-0.1, -0.05) is 43.7 Å². The molecule has 4 nitrogen and oxygen atoms in total. The van der Waals surface area contributed by atoms with Gasteiger partial charge in [0.15, 0.2) is 0 Å². The molecule has 0 spiro atoms. The number of hydrogen-bond donors (Lipinski definition) is 0. The number of aromatic nitrogens is 1. The number of carbonyl (C=O) groups is 1. The molecular formula is C20H32N2O2S. The molecule has 0 atom stereocenters. The van der Waals surface area contributed by atoms with Gasteiger partial charge in [0.2, 0.25) is 5.91 Å². The largest absolute Gasteiger partial charge is 0.361 e. The summed E-state index contributed by atoms with van der Waals surface area (Å²) in [4.78, 5) is 15.4. The molecule has 1 heterocycles. The van der Waals surface area contributed by atoms with Crippen molar-refractivity contribution in [3.05, 3.63) is 17.0 Å². The molecule has 2 saturated carbocycles. The van der Waals surface area contributed by atoms with Crippen LogP contribution in [0.3, 0.4) is 0 Å². The molecule has 0 N–H and O–H groups in total. The number of carbonyl (C=O) groups excluding carboxylic acids is 1. The van der Waals surface area contributed by atoms with Gasteiger partial charge in [-0.3, -0.25) is 4.79 Å². The first-order chi connectivity index (χ1) is 12.2. The van der Waals surface area contributed by atoms with E-state index in [-0.39, 0.29) is 0 Å². The van der Waals surface area contributed by atoms with Crippen LogP contribution in [-0.4, -0.2) is 33.8 Å². The van der Waals surface area contributed by atoms with Crippen molar-refractivity contribution in [2.45, 2.75) is 95.9 Å². The zero-order chi connectivity index (χ0) is 17.6. The molecule has 0 aromatic carbocycles. The molecule has 1 aromatic rings. The van der Waals surface area contributed by atoms with E-state index in [2.05, 4.69) is 10.1 Å². The van der Waals surface area contributed by atoms with Gasteiger partial charge in [-0.15, -0.1) is 11.8 Å². The van der Waals surface area contributed by atoms with Crippen LogP contribution in [0.25, 0.3) is 0 Å². The maximum absolute atomic E-state index is 13.1. The topological polar surface area (TPSA) is 46.3 Å². The molecule has 0 aliphatic heterocycles. The van der Waals surface area contributed by atoms with Crippen molar-refractivity contribution in [2.75, 3.05) is 5.75 Å². The summed E-state index contributed by atoms with van der Waals surface area (Å²) in [6, 6.07) is 0.980. The van der Waals surface area contributed by atoms with Gasteiger partial charge in [0.05, 0.1) is 11.4 Å². The van der Waals surface area contributed by atoms with Crippen molar-refractivity contribution in [1.82, 2.24) is 10.1 Å². The second kappa shape index (κ2) is 9.11. The number of aryl methyl sites for hydroxylation is 2. The molecule has 2 fully saturated rings. The Morgan fingerprint density at radius 3 is 2.08 bits per heavy atom. The van der Waals surface area contributed by atoms with Crippen LogP contribution in [0.1, 0.15) is 81.2 Å². The third-order valence-electron chi connectivity index (χ3n) is 5.88. The maximum atomic E-state index is 13.1. The molecule has 3 rings (SSSR count). The highest BCUT2D eigenvalue weighted by atomic mass is 32.2. The average molecular weight is 365 g/mol. The van der Waals surface area contributed by atoms with Gasteiger partial charge < -0.3 is 9.42 Å². The molecule has 0 radical (unpaired) electrons. The van der Waals surface area contributed by atoms with E-state index in [1.807, 2.05) is 13.8 Å². The zero-order valence-corrected chi connectivity index (χ0v) is 16.6. The van der Waals surface area contributed by atoms with Crippen molar-refractivity contribution in [3.63, 3.8) is 0 Å². The summed E-state index contributed by atoms with van der Waals surface area (Å²) in [5, 5.41) is 4.01. The van der Waals surface area contributed by atoms with Gasteiger partial charge in [0, 0.05) is 23.4 Å². The standard InChI is InChI=1S/C20H32N2O2S/c1-15-19(16(2)24-21-15)13-25-14-20(23)22(17-9-5-3-6-10-17)18-11-7-4-8-12-18/h17-18H,3-14H2,1-2H3. The maximum Gasteiger partial charge on any atom is 0.233 e. The molecule has 2 aliphatic carbocycles. The van der Waals surface area contributed by atoms with Gasteiger partial charge >= 0.3 is 0 Å². The van der Waals surface area contributed by atoms with E-state index in [0.29, 0.717) is 23.7 Å². The van der Waals surface area contributed by atoms with E-state index in [0.717, 1.165) is 22.8 Å². The highest BCUT2D eigenvalue weighted by Gasteiger charge is 2.32. The third kappa shape index (κ3) is 4.81. The summed E-state index contributed by atoms with van der Waals surface area (Å²) in [6.45, 7) is 3.93. The van der Waals surface area contributed by atoms with Crippen molar-refractivity contribution in [2.24, 2.45) is 0 Å². The van der Waals surface area contributed by atoms with Crippen LogP contribution in [-0.2, 0) is 10.5 Å². The second-order valence-electron chi connectivity index (χ2n) is 7.68. The van der Waals surface area contributed by atoms with Crippen molar-refractivity contribution >= 4 is 17.7 Å². The summed E-state index contributed by atoms with van der Waals surface area (Å²) < 4.78 is 5.23. The molecule has 0 unspecified atom stereocenters. The van der Waals surface area contributed by atoms with E-state index in [1.54, 1.807) is 11.8 Å². The van der Waals surface area contributed by atoms with Crippen molar-refractivity contribution in [3.8, 4) is 0 Å². The minimum Gasteiger partial charge on any atom is -0.361 e. The van der Waals surface area contributed by atoms with Crippen LogP contribution in [0.15, 0.2) is 4.52 Å². The predicted octanol–water partition coefficient (Wildman–Crippen LogP) is 5.02. The quantitative estimate of drug-likeness (QED) is 0.711. The zero-order valence-electron chi connectivity index (χ0n) is 15.8. The van der Waals surface area contributed by atoms with E-state index >= 15 is 0 Å². The molecule has 5 heteroatoms. The van der Waals surface area contributed by atoms with Gasteiger partial charge in [-0.2, -0.15) is 0 Å². The minimum atomic E-state index is 0.357. The number of rotatable bonds is 6. The fraction of sp³-hybridized carbons (Fsp3) is 0.800. The number of thioether (sulfide) groups is 1. The molecular weight excluding hydrogens is 332 g/mol. The number of hydrogen-bond acceptors (Lipinski definition) is 4. The Bertz CT molecular complexity index is 523. The van der Waals surface area contributed by atoms with Gasteiger partial charge in [-0.25, -0.2) is 0 Å². The van der Waals surface area contributed by atoms with E-state index in [9.17, 15) is 4.79 Å². The number of nitrogens with zero attached hydrogens (tertiary/aromatic N) is 2. The van der Waals surface area contributed by atoms with E-state index < -0.39 is 0 Å². The van der Waals surface area contributed by atoms with Crippen molar-refractivity contribution in [1.29, 1.82) is 0 Å². The smallest absolute Gasteiger partial charge is 0.233 e. The van der Waals surface area contributed by atoms with Crippen LogP contribution >= 0.6 is 11.8 Å². The lowest BCUT2D eigenvalue weighted by atomic mass is 9.88. The molecule has 25 heavy (non-hydrogen) atoms. The lowest BCUT2D eigenvalue weighted by Crippen LogP contribution is -2.49. The number of amides is 1. The van der Waals surface area contributed by atoms with Gasteiger partial charge in [0.1, 0.15) is 5.76 Å². The van der Waals surface area contributed by atoms with Crippen LogP contribution in [0.5, 0.6) is 0 Å². The molecule has 0 saturated heterocycles. The summed E-state index contributed by atoms with van der Waals surface area (Å²) >= 11 is 1.71. The third-order valence-corrected chi connectivity index (χ3v) is 6.82. The van der Waals surface area contributed by atoms with Crippen LogP contribution < -0.4 is 0 Å². The molecule has 2 aliphatic rings. The first-order valence-electron chi connectivity index (χ1n) is 9.97. The normalized spacial score (nSPS) is 19.9. The van der Waals surface area contributed by atoms with Crippen LogP contribution in [0.2, 0.25) is 0 Å². The first kappa shape index (κ1) is 18.8. The molecule has 140 valence electrons. The molecule has 0 bridgehead atoms. The Balaban J connectivity index is 1.59. The summed E-state index contributed by atoms with van der Waals surface area (Å²) in [6.07, 6.45) is 12.6. The van der Waals surface area contributed by atoms with Gasteiger partial charge in [0.25, 0.3) is 0 Å². The lowest BCUT2D eigenvalue weighted by molar-refractivity contribution is -0.135. The van der Waals surface area contributed by atoms with Crippen molar-refractivity contribution < 1.29 is 9.32 Å². The Kier molecular flexibility index (Phi) is 6.85. The highest BCUT2D eigenvalue weighted by molar-refractivity contribution is 7.99. The Hall–Kier alpha value is -0.970. The summed E-state index contributed by atoms with van der Waals surface area (Å²) in [5.74, 6) is 2.64. The van der Waals surface area contributed by atoms with Gasteiger partial charge in [-0.05, 0) is 39.5 Å². The van der Waals surface area contributed by atoms with E-state index in [1.165, 1.54) is 64.2 Å². The SMILES string of the molecule is Cc1noc(C)c1CSCC(=O)N(C1CCCCC1)C1CCCCC1. The average Bonchev–Trinajstić information content (AvgIpc) is 2.96. The fourth-order valence-electron chi connectivity index (χ4n) is 4.45. The van der Waals surface area contributed by atoms with Crippen LogP contribution in [0, 0.1) is 13.8 Å². The Labute approximate surface area is 156 Å². The minimum absolute atomic E-state index is 0.357. The lowest BCUT2D eigenvalue weighted by Gasteiger charge is -2.41. The monoisotopic (exact) mass is 364 g/mol. The van der Waals surface area contributed by atoms with Crippen LogP contribution in [0.4, 0.5) is 0 Å². The molecule has 1 aromatic heterocycles. The Morgan fingerprint density at radius 1 is 1.04 bits per heavy atom. The Morgan fingerprint density at radius 2 is 1.60 bits per heavy atom. The summed E-state index contributed by atoms with van der Waals surface area (Å²) in [5.41, 5.74) is 2.11. The second-order valence-corrected chi connectivity index (χ2v) is 8.67. The first-order valence-corrected chi connectivity index (χ1v) is 11.1. The summed E-state index contributed by atoms with van der Waals surface area (Å²) in [7, 11) is 0. The highest BCUT2D eigenvalue weighted by Crippen LogP contribution is 2.31. The predicted molar refractivity (Wildman–Crippen MR) is 103 cm³/mol. The van der Waals surface area contributed by atoms with E-state index in [4.69, 9.17) is 4.52 Å². The fourth-order valence-corrected chi connectivity index (χ4v) is 5.49. The molecule has 1 amide bonds.